The van der Waals surface area contributed by atoms with Crippen LogP contribution in [-0.2, 0) is 11.2 Å². The highest BCUT2D eigenvalue weighted by Gasteiger charge is 2.34. The first-order chi connectivity index (χ1) is 8.49. The van der Waals surface area contributed by atoms with Gasteiger partial charge in [-0.1, -0.05) is 19.9 Å². The summed E-state index contributed by atoms with van der Waals surface area (Å²) in [5.74, 6) is 0.267. The van der Waals surface area contributed by atoms with Crippen molar-refractivity contribution in [1.82, 2.24) is 4.90 Å². The van der Waals surface area contributed by atoms with E-state index >= 15 is 0 Å². The van der Waals surface area contributed by atoms with Crippen LogP contribution in [0.15, 0.2) is 17.5 Å². The summed E-state index contributed by atoms with van der Waals surface area (Å²) < 4.78 is 0. The van der Waals surface area contributed by atoms with Crippen molar-refractivity contribution in [2.75, 3.05) is 13.1 Å². The summed E-state index contributed by atoms with van der Waals surface area (Å²) in [6.07, 6.45) is 2.39. The molecular weight excluding hydrogens is 280 g/mol. The van der Waals surface area contributed by atoms with Crippen LogP contribution >= 0.6 is 23.7 Å². The van der Waals surface area contributed by atoms with E-state index < -0.39 is 0 Å². The van der Waals surface area contributed by atoms with Crippen molar-refractivity contribution < 1.29 is 4.79 Å². The van der Waals surface area contributed by atoms with Crippen molar-refractivity contribution in [2.45, 2.75) is 39.2 Å². The van der Waals surface area contributed by atoms with E-state index in [1.54, 1.807) is 11.3 Å². The molecule has 0 saturated carbocycles. The highest BCUT2D eigenvalue weighted by Crippen LogP contribution is 2.28. The molecule has 108 valence electrons. The normalized spacial score (nSPS) is 21.8. The Balaban J connectivity index is 0.00000180. The number of likely N-dealkylation sites (tertiary alicyclic amines) is 1. The van der Waals surface area contributed by atoms with Gasteiger partial charge in [-0.05, 0) is 29.7 Å². The fourth-order valence-corrected chi connectivity index (χ4v) is 3.14. The zero-order chi connectivity index (χ0) is 13.2. The lowest BCUT2D eigenvalue weighted by Crippen LogP contribution is -2.54. The molecule has 1 unspecified atom stereocenters. The second-order valence-corrected chi connectivity index (χ2v) is 6.81. The largest absolute Gasteiger partial charge is 0.342 e. The average Bonchev–Trinajstić information content (AvgIpc) is 2.82. The molecule has 1 amide bonds. The maximum absolute atomic E-state index is 12.2. The number of carbonyl (C=O) groups excluding carboxylic acids is 1. The molecule has 1 aromatic heterocycles. The van der Waals surface area contributed by atoms with Crippen LogP contribution in [0.4, 0.5) is 0 Å². The van der Waals surface area contributed by atoms with Gasteiger partial charge in [0.15, 0.2) is 0 Å². The SMILES string of the molecule is CC1(C)CN(C(=O)CCc2cccs2)CCC1N.Cl. The number of carbonyl (C=O) groups is 1. The third kappa shape index (κ3) is 4.20. The monoisotopic (exact) mass is 302 g/mol. The average molecular weight is 303 g/mol. The van der Waals surface area contributed by atoms with Crippen molar-refractivity contribution in [1.29, 1.82) is 0 Å². The number of halogens is 1. The Kier molecular flexibility index (Phi) is 5.83. The number of amides is 1. The number of nitrogens with two attached hydrogens (primary N) is 1. The van der Waals surface area contributed by atoms with E-state index in [1.165, 1.54) is 4.88 Å². The Hall–Kier alpha value is -0.580. The summed E-state index contributed by atoms with van der Waals surface area (Å²) in [5.41, 5.74) is 6.13. The Labute approximate surface area is 125 Å². The predicted octanol–water partition coefficient (Wildman–Crippen LogP) is 2.69. The molecule has 3 nitrogen and oxygen atoms in total. The Morgan fingerprint density at radius 2 is 2.32 bits per heavy atom. The van der Waals surface area contributed by atoms with Crippen LogP contribution in [0, 0.1) is 5.41 Å². The summed E-state index contributed by atoms with van der Waals surface area (Å²) in [6, 6.07) is 4.33. The number of rotatable bonds is 3. The second-order valence-electron chi connectivity index (χ2n) is 5.78. The maximum atomic E-state index is 12.2. The molecular formula is C14H23ClN2OS. The molecule has 1 atom stereocenters. The van der Waals surface area contributed by atoms with E-state index in [9.17, 15) is 4.79 Å². The van der Waals surface area contributed by atoms with Crippen LogP contribution < -0.4 is 5.73 Å². The summed E-state index contributed by atoms with van der Waals surface area (Å²) in [4.78, 5) is 15.4. The molecule has 1 aliphatic rings. The number of aryl methyl sites for hydroxylation is 1. The number of hydrogen-bond donors (Lipinski definition) is 1. The van der Waals surface area contributed by atoms with Gasteiger partial charge < -0.3 is 10.6 Å². The van der Waals surface area contributed by atoms with Crippen LogP contribution in [0.25, 0.3) is 0 Å². The summed E-state index contributed by atoms with van der Waals surface area (Å²) in [7, 11) is 0. The quantitative estimate of drug-likeness (QED) is 0.933. The Morgan fingerprint density at radius 3 is 2.89 bits per heavy atom. The molecule has 2 rings (SSSR count). The number of thiophene rings is 1. The van der Waals surface area contributed by atoms with Crippen molar-refractivity contribution >= 4 is 29.7 Å². The summed E-state index contributed by atoms with van der Waals surface area (Å²) in [5, 5.41) is 2.06. The molecule has 1 aliphatic heterocycles. The molecule has 0 aliphatic carbocycles. The lowest BCUT2D eigenvalue weighted by molar-refractivity contribution is -0.134. The van der Waals surface area contributed by atoms with Crippen molar-refractivity contribution in [3.63, 3.8) is 0 Å². The van der Waals surface area contributed by atoms with E-state index in [0.29, 0.717) is 6.42 Å². The van der Waals surface area contributed by atoms with Gasteiger partial charge in [0.25, 0.3) is 0 Å². The van der Waals surface area contributed by atoms with Crippen molar-refractivity contribution in [3.05, 3.63) is 22.4 Å². The lowest BCUT2D eigenvalue weighted by atomic mass is 9.79. The molecule has 0 bridgehead atoms. The second kappa shape index (κ2) is 6.73. The van der Waals surface area contributed by atoms with Gasteiger partial charge in [0, 0.05) is 30.4 Å². The third-order valence-corrected chi connectivity index (χ3v) is 4.77. The first kappa shape index (κ1) is 16.5. The van der Waals surface area contributed by atoms with Crippen LogP contribution in [-0.4, -0.2) is 29.9 Å². The topological polar surface area (TPSA) is 46.3 Å². The molecule has 0 aromatic carbocycles. The number of piperidine rings is 1. The predicted molar refractivity (Wildman–Crippen MR) is 82.8 cm³/mol. The molecule has 5 heteroatoms. The summed E-state index contributed by atoms with van der Waals surface area (Å²) in [6.45, 7) is 5.90. The minimum atomic E-state index is 0. The fraction of sp³-hybridized carbons (Fsp3) is 0.643. The minimum absolute atomic E-state index is 0. The van der Waals surface area contributed by atoms with E-state index in [2.05, 4.69) is 25.3 Å². The molecule has 2 N–H and O–H groups in total. The first-order valence-corrected chi connectivity index (χ1v) is 7.43. The molecule has 2 heterocycles. The highest BCUT2D eigenvalue weighted by atomic mass is 35.5. The zero-order valence-electron chi connectivity index (χ0n) is 11.6. The smallest absolute Gasteiger partial charge is 0.222 e. The Bertz CT molecular complexity index is 406. The van der Waals surface area contributed by atoms with E-state index in [4.69, 9.17) is 5.73 Å². The zero-order valence-corrected chi connectivity index (χ0v) is 13.2. The van der Waals surface area contributed by atoms with Gasteiger partial charge in [-0.3, -0.25) is 4.79 Å². The lowest BCUT2D eigenvalue weighted by Gasteiger charge is -2.42. The standard InChI is InChI=1S/C14H22N2OS.ClH/c1-14(2)10-16(8-7-12(14)15)13(17)6-5-11-4-3-9-18-11;/h3-4,9,12H,5-8,10,15H2,1-2H3;1H. The number of hydrogen-bond acceptors (Lipinski definition) is 3. The Morgan fingerprint density at radius 1 is 1.58 bits per heavy atom. The van der Waals surface area contributed by atoms with E-state index in [1.807, 2.05) is 11.0 Å². The van der Waals surface area contributed by atoms with Gasteiger partial charge in [0.2, 0.25) is 5.91 Å². The molecule has 1 aromatic rings. The molecule has 0 radical (unpaired) electrons. The van der Waals surface area contributed by atoms with Gasteiger partial charge in [0.05, 0.1) is 0 Å². The molecule has 1 saturated heterocycles. The van der Waals surface area contributed by atoms with Gasteiger partial charge in [-0.25, -0.2) is 0 Å². The molecule has 19 heavy (non-hydrogen) atoms. The van der Waals surface area contributed by atoms with Crippen molar-refractivity contribution in [2.24, 2.45) is 11.1 Å². The molecule has 1 fully saturated rings. The summed E-state index contributed by atoms with van der Waals surface area (Å²) >= 11 is 1.72. The van der Waals surface area contributed by atoms with Crippen LogP contribution in [0.3, 0.4) is 0 Å². The van der Waals surface area contributed by atoms with E-state index in [-0.39, 0.29) is 29.8 Å². The van der Waals surface area contributed by atoms with E-state index in [0.717, 1.165) is 25.9 Å². The van der Waals surface area contributed by atoms with Gasteiger partial charge >= 0.3 is 0 Å². The van der Waals surface area contributed by atoms with Crippen molar-refractivity contribution in [3.8, 4) is 0 Å². The maximum Gasteiger partial charge on any atom is 0.222 e. The third-order valence-electron chi connectivity index (χ3n) is 3.83. The van der Waals surface area contributed by atoms with Gasteiger partial charge in [-0.15, -0.1) is 23.7 Å². The van der Waals surface area contributed by atoms with Crippen LogP contribution in [0.2, 0.25) is 0 Å². The van der Waals surface area contributed by atoms with Crippen LogP contribution in [0.1, 0.15) is 31.6 Å². The highest BCUT2D eigenvalue weighted by molar-refractivity contribution is 7.09. The first-order valence-electron chi connectivity index (χ1n) is 6.55. The minimum Gasteiger partial charge on any atom is -0.342 e. The number of nitrogens with zero attached hydrogens (tertiary/aromatic N) is 1. The van der Waals surface area contributed by atoms with Gasteiger partial charge in [-0.2, -0.15) is 0 Å². The fourth-order valence-electron chi connectivity index (χ4n) is 2.43. The van der Waals surface area contributed by atoms with Crippen LogP contribution in [0.5, 0.6) is 0 Å². The van der Waals surface area contributed by atoms with Gasteiger partial charge in [0.1, 0.15) is 0 Å². The molecule has 0 spiro atoms.